The molecule has 9 nitrogen and oxygen atoms in total. The Bertz CT molecular complexity index is 920. The van der Waals surface area contributed by atoms with Crippen molar-refractivity contribution < 1.29 is 19.2 Å². The van der Waals surface area contributed by atoms with E-state index in [1.54, 1.807) is 12.1 Å². The number of aryl methyl sites for hydroxylation is 1. The highest BCUT2D eigenvalue weighted by Gasteiger charge is 2.11. The van der Waals surface area contributed by atoms with Gasteiger partial charge in [-0.05, 0) is 55.0 Å². The molecule has 146 valence electrons. The van der Waals surface area contributed by atoms with Gasteiger partial charge in [0.1, 0.15) is 5.75 Å². The highest BCUT2D eigenvalue weighted by atomic mass is 79.9. The van der Waals surface area contributed by atoms with Gasteiger partial charge in [-0.15, -0.1) is 0 Å². The molecule has 0 bridgehead atoms. The number of ether oxygens (including phenoxy) is 1. The van der Waals surface area contributed by atoms with Crippen LogP contribution in [0, 0.1) is 17.0 Å². The average molecular weight is 467 g/mol. The minimum Gasteiger partial charge on any atom is -0.484 e. The lowest BCUT2D eigenvalue weighted by molar-refractivity contribution is -0.384. The lowest BCUT2D eigenvalue weighted by Gasteiger charge is -2.11. The molecule has 3 N–H and O–H groups in total. The fourth-order valence-corrected chi connectivity index (χ4v) is 2.38. The summed E-state index contributed by atoms with van der Waals surface area (Å²) < 4.78 is 6.30. The van der Waals surface area contributed by atoms with Gasteiger partial charge in [-0.2, -0.15) is 0 Å². The largest absolute Gasteiger partial charge is 0.484 e. The van der Waals surface area contributed by atoms with Crippen LogP contribution in [0.4, 0.5) is 5.69 Å². The van der Waals surface area contributed by atoms with Crippen LogP contribution in [0.5, 0.6) is 5.75 Å². The fraction of sp³-hybridized carbons (Fsp3) is 0.118. The summed E-state index contributed by atoms with van der Waals surface area (Å²) in [4.78, 5) is 33.8. The molecule has 0 saturated heterocycles. The summed E-state index contributed by atoms with van der Waals surface area (Å²) in [6.07, 6.45) is 0. The minimum absolute atomic E-state index is 0.129. The lowest BCUT2D eigenvalue weighted by atomic mass is 10.2. The molecule has 0 heterocycles. The molecular formula is C17H15BrN4O5S. The fourth-order valence-electron chi connectivity index (χ4n) is 1.97. The summed E-state index contributed by atoms with van der Waals surface area (Å²) in [5.41, 5.74) is 5.66. The molecule has 0 fully saturated rings. The number of hydrogen-bond acceptors (Lipinski definition) is 6. The van der Waals surface area contributed by atoms with Crippen molar-refractivity contribution in [1.82, 2.24) is 16.2 Å². The van der Waals surface area contributed by atoms with Crippen molar-refractivity contribution in [2.45, 2.75) is 6.92 Å². The predicted octanol–water partition coefficient (Wildman–Crippen LogP) is 2.38. The van der Waals surface area contributed by atoms with E-state index in [2.05, 4.69) is 32.1 Å². The summed E-state index contributed by atoms with van der Waals surface area (Å²) in [6.45, 7) is 1.63. The molecule has 0 spiro atoms. The molecule has 0 aliphatic heterocycles. The maximum Gasteiger partial charge on any atom is 0.269 e. The number of nitrogens with one attached hydrogen (secondary N) is 3. The van der Waals surface area contributed by atoms with Crippen molar-refractivity contribution >= 4 is 50.8 Å². The summed E-state index contributed by atoms with van der Waals surface area (Å²) in [5.74, 6) is -0.558. The highest BCUT2D eigenvalue weighted by Crippen LogP contribution is 2.21. The third kappa shape index (κ3) is 6.28. The van der Waals surface area contributed by atoms with Crippen molar-refractivity contribution in [1.29, 1.82) is 0 Å². The molecule has 11 heteroatoms. The zero-order valence-corrected chi connectivity index (χ0v) is 16.9. The topological polar surface area (TPSA) is 123 Å². The predicted molar refractivity (Wildman–Crippen MR) is 109 cm³/mol. The standard InChI is InChI=1S/C17H15BrN4O5S/c1-10-8-13(6-7-14(10)18)27-9-15(23)19-17(28)21-20-16(24)11-2-4-12(5-3-11)22(25)26/h2-8H,9H2,1H3,(H,20,24)(H2,19,21,23,28). The number of amides is 2. The minimum atomic E-state index is -0.576. The molecule has 0 atom stereocenters. The van der Waals surface area contributed by atoms with Crippen LogP contribution in [0.25, 0.3) is 0 Å². The Morgan fingerprint density at radius 3 is 2.46 bits per heavy atom. The first kappa shape index (κ1) is 21.3. The smallest absolute Gasteiger partial charge is 0.269 e. The van der Waals surface area contributed by atoms with Crippen molar-refractivity contribution in [3.63, 3.8) is 0 Å². The van der Waals surface area contributed by atoms with Crippen LogP contribution in [0.1, 0.15) is 15.9 Å². The van der Waals surface area contributed by atoms with E-state index in [1.807, 2.05) is 13.0 Å². The molecule has 28 heavy (non-hydrogen) atoms. The van der Waals surface area contributed by atoms with Gasteiger partial charge in [0.05, 0.1) is 4.92 Å². The van der Waals surface area contributed by atoms with E-state index in [0.29, 0.717) is 5.75 Å². The first-order valence-corrected chi connectivity index (χ1v) is 9.00. The number of thiocarbonyl (C=S) groups is 1. The molecule has 2 rings (SSSR count). The molecule has 2 aromatic rings. The van der Waals surface area contributed by atoms with Crippen LogP contribution in [0.2, 0.25) is 0 Å². The third-order valence-electron chi connectivity index (χ3n) is 3.38. The molecular weight excluding hydrogens is 452 g/mol. The van der Waals surface area contributed by atoms with Gasteiger partial charge in [-0.3, -0.25) is 35.9 Å². The number of hydrogen-bond donors (Lipinski definition) is 3. The Hall–Kier alpha value is -3.05. The number of rotatable bonds is 5. The second-order valence-corrected chi connectivity index (χ2v) is 6.72. The number of hydrazine groups is 1. The van der Waals surface area contributed by atoms with E-state index in [-0.39, 0.29) is 23.0 Å². The maximum atomic E-state index is 11.9. The van der Waals surface area contributed by atoms with Crippen LogP contribution < -0.4 is 20.9 Å². The number of carbonyl (C=O) groups excluding carboxylic acids is 2. The van der Waals surface area contributed by atoms with Gasteiger partial charge in [-0.25, -0.2) is 0 Å². The second-order valence-electron chi connectivity index (χ2n) is 5.46. The molecule has 0 saturated carbocycles. The number of nitro benzene ring substituents is 1. The highest BCUT2D eigenvalue weighted by molar-refractivity contribution is 9.10. The second kappa shape index (κ2) is 9.76. The number of halogens is 1. The third-order valence-corrected chi connectivity index (χ3v) is 4.48. The first-order chi connectivity index (χ1) is 13.3. The van der Waals surface area contributed by atoms with E-state index < -0.39 is 16.7 Å². The van der Waals surface area contributed by atoms with E-state index in [0.717, 1.165) is 10.0 Å². The summed E-state index contributed by atoms with van der Waals surface area (Å²) >= 11 is 8.29. The maximum absolute atomic E-state index is 11.9. The van der Waals surface area contributed by atoms with Crippen LogP contribution in [-0.2, 0) is 4.79 Å². The average Bonchev–Trinajstić information content (AvgIpc) is 2.67. The molecule has 0 aliphatic rings. The van der Waals surface area contributed by atoms with Crippen LogP contribution in [-0.4, -0.2) is 28.5 Å². The number of non-ortho nitro benzene ring substituents is 1. The van der Waals surface area contributed by atoms with Crippen molar-refractivity contribution in [3.05, 3.63) is 68.2 Å². The van der Waals surface area contributed by atoms with Gasteiger partial charge in [0.25, 0.3) is 17.5 Å². The zero-order valence-electron chi connectivity index (χ0n) is 14.5. The van der Waals surface area contributed by atoms with Gasteiger partial charge in [-0.1, -0.05) is 15.9 Å². The zero-order chi connectivity index (χ0) is 20.7. The van der Waals surface area contributed by atoms with Gasteiger partial charge < -0.3 is 4.74 Å². The van der Waals surface area contributed by atoms with Gasteiger partial charge in [0.2, 0.25) is 0 Å². The lowest BCUT2D eigenvalue weighted by Crippen LogP contribution is -2.49. The number of nitrogens with zero attached hydrogens (tertiary/aromatic N) is 1. The number of nitro groups is 1. The van der Waals surface area contributed by atoms with Crippen molar-refractivity contribution in [2.24, 2.45) is 0 Å². The van der Waals surface area contributed by atoms with E-state index >= 15 is 0 Å². The molecule has 2 aromatic carbocycles. The Kier molecular flexibility index (Phi) is 7.41. The Morgan fingerprint density at radius 1 is 1.18 bits per heavy atom. The summed E-state index contributed by atoms with van der Waals surface area (Å²) in [5, 5.41) is 12.8. The van der Waals surface area contributed by atoms with Crippen LogP contribution >= 0.6 is 28.1 Å². The van der Waals surface area contributed by atoms with Crippen LogP contribution in [0.15, 0.2) is 46.9 Å². The Morgan fingerprint density at radius 2 is 1.86 bits per heavy atom. The van der Waals surface area contributed by atoms with Gasteiger partial charge >= 0.3 is 0 Å². The number of carbonyl (C=O) groups is 2. The summed E-state index contributed by atoms with van der Waals surface area (Å²) in [7, 11) is 0. The molecule has 0 aromatic heterocycles. The Labute approximate surface area is 173 Å². The molecule has 0 radical (unpaired) electrons. The normalized spacial score (nSPS) is 9.93. The SMILES string of the molecule is Cc1cc(OCC(=O)NC(=S)NNC(=O)c2ccc([N+](=O)[O-])cc2)ccc1Br. The first-order valence-electron chi connectivity index (χ1n) is 7.80. The molecule has 0 unspecified atom stereocenters. The molecule has 2 amide bonds. The molecule has 0 aliphatic carbocycles. The van der Waals surface area contributed by atoms with E-state index in [1.165, 1.54) is 24.3 Å². The van der Waals surface area contributed by atoms with Crippen LogP contribution in [0.3, 0.4) is 0 Å². The Balaban J connectivity index is 1.76. The quantitative estimate of drug-likeness (QED) is 0.351. The van der Waals surface area contributed by atoms with Gasteiger partial charge in [0.15, 0.2) is 11.7 Å². The van der Waals surface area contributed by atoms with Gasteiger partial charge in [0, 0.05) is 22.2 Å². The van der Waals surface area contributed by atoms with Crippen molar-refractivity contribution in [3.8, 4) is 5.75 Å². The van der Waals surface area contributed by atoms with E-state index in [4.69, 9.17) is 17.0 Å². The monoisotopic (exact) mass is 466 g/mol. The summed E-state index contributed by atoms with van der Waals surface area (Å²) in [6, 6.07) is 10.3. The van der Waals surface area contributed by atoms with E-state index in [9.17, 15) is 19.7 Å². The number of benzene rings is 2. The van der Waals surface area contributed by atoms with Crippen molar-refractivity contribution in [2.75, 3.05) is 6.61 Å².